The number of aromatic nitrogens is 2. The topological polar surface area (TPSA) is 32.3 Å². The van der Waals surface area contributed by atoms with E-state index in [4.69, 9.17) is 11.6 Å². The Morgan fingerprint density at radius 1 is 1.00 bits per heavy atom. The molecule has 0 aliphatic carbocycles. The number of hydrogen-bond acceptors (Lipinski definition) is 5. The molecule has 2 saturated heterocycles. The summed E-state index contributed by atoms with van der Waals surface area (Å²) in [5.74, 6) is 0. The van der Waals surface area contributed by atoms with Crippen molar-refractivity contribution in [3.63, 3.8) is 0 Å². The van der Waals surface area contributed by atoms with E-state index in [1.165, 1.54) is 50.8 Å². The van der Waals surface area contributed by atoms with Crippen molar-refractivity contribution in [1.29, 1.82) is 0 Å². The van der Waals surface area contributed by atoms with E-state index in [9.17, 15) is 0 Å². The highest BCUT2D eigenvalue weighted by Crippen LogP contribution is 2.27. The normalized spacial score (nSPS) is 22.3. The third kappa shape index (κ3) is 4.33. The molecule has 2 fully saturated rings. The van der Waals surface area contributed by atoms with Crippen LogP contribution in [0.25, 0.3) is 0 Å². The largest absolute Gasteiger partial charge is 0.345 e. The number of hydrogen-bond donors (Lipinski definition) is 0. The van der Waals surface area contributed by atoms with Gasteiger partial charge in [-0.15, -0.1) is 10.2 Å². The summed E-state index contributed by atoms with van der Waals surface area (Å²) in [5.41, 5.74) is 1.23. The van der Waals surface area contributed by atoms with Gasteiger partial charge in [0.05, 0.1) is 0 Å². The molecule has 3 heterocycles. The van der Waals surface area contributed by atoms with Crippen LogP contribution in [-0.2, 0) is 6.42 Å². The fourth-order valence-corrected chi connectivity index (χ4v) is 4.95. The number of nitrogens with zero attached hydrogens (tertiary/aromatic N) is 4. The van der Waals surface area contributed by atoms with Gasteiger partial charge in [0.2, 0.25) is 5.13 Å². The van der Waals surface area contributed by atoms with E-state index in [0.29, 0.717) is 6.04 Å². The molecule has 1 unspecified atom stereocenters. The average molecular weight is 377 g/mol. The average Bonchev–Trinajstić information content (AvgIpc) is 3.25. The maximum absolute atomic E-state index is 5.97. The first-order valence-electron chi connectivity index (χ1n) is 9.34. The summed E-state index contributed by atoms with van der Waals surface area (Å²) in [5, 5.41) is 11.9. The quantitative estimate of drug-likeness (QED) is 0.799. The molecule has 2 aromatic rings. The highest BCUT2D eigenvalue weighted by molar-refractivity contribution is 7.15. The van der Waals surface area contributed by atoms with Gasteiger partial charge in [0.1, 0.15) is 5.01 Å². The van der Waals surface area contributed by atoms with E-state index >= 15 is 0 Å². The van der Waals surface area contributed by atoms with Crippen molar-refractivity contribution in [2.24, 2.45) is 0 Å². The van der Waals surface area contributed by atoms with E-state index < -0.39 is 0 Å². The lowest BCUT2D eigenvalue weighted by Crippen LogP contribution is -2.41. The molecule has 2 aliphatic rings. The van der Waals surface area contributed by atoms with Gasteiger partial charge in [-0.1, -0.05) is 41.5 Å². The van der Waals surface area contributed by atoms with Crippen molar-refractivity contribution < 1.29 is 0 Å². The van der Waals surface area contributed by atoms with Gasteiger partial charge in [-0.25, -0.2) is 0 Å². The Morgan fingerprint density at radius 2 is 1.76 bits per heavy atom. The molecule has 1 aromatic heterocycles. The molecule has 0 amide bonds. The Morgan fingerprint density at radius 3 is 2.56 bits per heavy atom. The molecule has 0 saturated carbocycles. The Bertz CT molecular complexity index is 681. The molecule has 1 atom stereocenters. The fraction of sp³-hybridized carbons (Fsp3) is 0.579. The minimum atomic E-state index is 0.689. The standard InChI is InChI=1S/C19H25ClN4S/c20-16-8-6-15(7-9-16)13-18-21-22-19(25-18)24-12-2-1-5-17(14-24)23-10-3-4-11-23/h6-9,17H,1-5,10-14H2. The fourth-order valence-electron chi connectivity index (χ4n) is 3.92. The van der Waals surface area contributed by atoms with Gasteiger partial charge in [-0.3, -0.25) is 4.90 Å². The second-order valence-electron chi connectivity index (χ2n) is 7.12. The molecule has 0 spiro atoms. The van der Waals surface area contributed by atoms with E-state index in [0.717, 1.165) is 34.7 Å². The summed E-state index contributed by atoms with van der Waals surface area (Å²) in [4.78, 5) is 5.16. The molecule has 1 aromatic carbocycles. The Kier molecular flexibility index (Phi) is 5.54. The zero-order chi connectivity index (χ0) is 17.1. The number of likely N-dealkylation sites (tertiary alicyclic amines) is 1. The molecular formula is C19H25ClN4S. The molecule has 4 nitrogen and oxygen atoms in total. The lowest BCUT2D eigenvalue weighted by atomic mass is 10.1. The van der Waals surface area contributed by atoms with Crippen molar-refractivity contribution in [3.05, 3.63) is 39.9 Å². The summed E-state index contributed by atoms with van der Waals surface area (Å²) in [7, 11) is 0. The second-order valence-corrected chi connectivity index (χ2v) is 8.60. The van der Waals surface area contributed by atoms with Gasteiger partial charge < -0.3 is 4.90 Å². The minimum Gasteiger partial charge on any atom is -0.345 e. The van der Waals surface area contributed by atoms with Gasteiger partial charge >= 0.3 is 0 Å². The maximum Gasteiger partial charge on any atom is 0.208 e. The Balaban J connectivity index is 1.43. The van der Waals surface area contributed by atoms with Gasteiger partial charge in [-0.2, -0.15) is 0 Å². The number of anilines is 1. The molecule has 4 rings (SSSR count). The zero-order valence-electron chi connectivity index (χ0n) is 14.5. The van der Waals surface area contributed by atoms with Crippen molar-refractivity contribution >= 4 is 28.1 Å². The van der Waals surface area contributed by atoms with E-state index in [-0.39, 0.29) is 0 Å². The molecule has 2 aliphatic heterocycles. The molecule has 134 valence electrons. The van der Waals surface area contributed by atoms with Gasteiger partial charge in [0.15, 0.2) is 0 Å². The first-order valence-corrected chi connectivity index (χ1v) is 10.5. The number of halogens is 1. The van der Waals surface area contributed by atoms with Crippen molar-refractivity contribution in [2.75, 3.05) is 31.1 Å². The molecule has 6 heteroatoms. The van der Waals surface area contributed by atoms with Gasteiger partial charge in [0.25, 0.3) is 0 Å². The molecule has 0 bridgehead atoms. The van der Waals surface area contributed by atoms with Crippen LogP contribution in [0.15, 0.2) is 24.3 Å². The predicted octanol–water partition coefficient (Wildman–Crippen LogP) is 4.24. The van der Waals surface area contributed by atoms with Crippen molar-refractivity contribution in [2.45, 2.75) is 44.6 Å². The number of benzene rings is 1. The first-order chi connectivity index (χ1) is 12.3. The molecule has 0 radical (unpaired) electrons. The minimum absolute atomic E-state index is 0.689. The van der Waals surface area contributed by atoms with Crippen LogP contribution in [0.5, 0.6) is 0 Å². The van der Waals surface area contributed by atoms with Gasteiger partial charge in [-0.05, 0) is 56.5 Å². The first kappa shape index (κ1) is 17.3. The summed E-state index contributed by atoms with van der Waals surface area (Å²) < 4.78 is 0. The van der Waals surface area contributed by atoms with Crippen molar-refractivity contribution in [1.82, 2.24) is 15.1 Å². The molecule has 0 N–H and O–H groups in total. The highest BCUT2D eigenvalue weighted by Gasteiger charge is 2.27. The van der Waals surface area contributed by atoms with Crippen LogP contribution < -0.4 is 4.90 Å². The lowest BCUT2D eigenvalue weighted by Gasteiger charge is -2.30. The molecular weight excluding hydrogens is 352 g/mol. The highest BCUT2D eigenvalue weighted by atomic mass is 35.5. The SMILES string of the molecule is Clc1ccc(Cc2nnc(N3CCCCC(N4CCCC4)C3)s2)cc1. The van der Waals surface area contributed by atoms with Crippen LogP contribution in [0, 0.1) is 0 Å². The van der Waals surface area contributed by atoms with Crippen LogP contribution in [0.3, 0.4) is 0 Å². The Labute approximate surface area is 158 Å². The van der Waals surface area contributed by atoms with Crippen LogP contribution in [-0.4, -0.2) is 47.3 Å². The molecule has 25 heavy (non-hydrogen) atoms. The van der Waals surface area contributed by atoms with Crippen LogP contribution in [0.1, 0.15) is 42.7 Å². The van der Waals surface area contributed by atoms with E-state index in [1.54, 1.807) is 11.3 Å². The van der Waals surface area contributed by atoms with Crippen LogP contribution >= 0.6 is 22.9 Å². The summed E-state index contributed by atoms with van der Waals surface area (Å²) in [6.07, 6.45) is 7.47. The van der Waals surface area contributed by atoms with Crippen LogP contribution in [0.4, 0.5) is 5.13 Å². The third-order valence-corrected chi connectivity index (χ3v) is 6.53. The van der Waals surface area contributed by atoms with Crippen molar-refractivity contribution in [3.8, 4) is 0 Å². The predicted molar refractivity (Wildman–Crippen MR) is 105 cm³/mol. The number of rotatable bonds is 4. The van der Waals surface area contributed by atoms with E-state index in [1.807, 2.05) is 12.1 Å². The maximum atomic E-state index is 5.97. The lowest BCUT2D eigenvalue weighted by molar-refractivity contribution is 0.236. The second kappa shape index (κ2) is 8.02. The van der Waals surface area contributed by atoms with Gasteiger partial charge in [0, 0.05) is 30.6 Å². The van der Waals surface area contributed by atoms with Crippen LogP contribution in [0.2, 0.25) is 5.02 Å². The Hall–Kier alpha value is -1.17. The summed E-state index contributed by atoms with van der Waals surface area (Å²) in [6, 6.07) is 8.70. The zero-order valence-corrected chi connectivity index (χ0v) is 16.1. The smallest absolute Gasteiger partial charge is 0.208 e. The summed E-state index contributed by atoms with van der Waals surface area (Å²) in [6.45, 7) is 4.77. The van der Waals surface area contributed by atoms with E-state index in [2.05, 4.69) is 32.1 Å². The third-order valence-electron chi connectivity index (χ3n) is 5.30. The summed E-state index contributed by atoms with van der Waals surface area (Å²) >= 11 is 7.71. The monoisotopic (exact) mass is 376 g/mol.